The van der Waals surface area contributed by atoms with Crippen LogP contribution < -0.4 is 11.1 Å². The molecule has 23 heavy (non-hydrogen) atoms. The number of rotatable bonds is 7. The molecule has 1 unspecified atom stereocenters. The molecular weight excluding hydrogens is 334 g/mol. The van der Waals surface area contributed by atoms with Crippen molar-refractivity contribution in [3.8, 4) is 0 Å². The van der Waals surface area contributed by atoms with Crippen molar-refractivity contribution in [1.82, 2.24) is 20.1 Å². The third-order valence-corrected chi connectivity index (χ3v) is 4.36. The predicted octanol–water partition coefficient (Wildman–Crippen LogP) is 2.67. The molecule has 0 saturated heterocycles. The molecular formula is C15H18ClN5OS. The number of halogens is 1. The number of carbonyl (C=O) groups is 1. The first-order valence-corrected chi connectivity index (χ1v) is 8.34. The number of amides is 1. The Hall–Kier alpha value is -1.99. The highest BCUT2D eigenvalue weighted by Crippen LogP contribution is 2.19. The van der Waals surface area contributed by atoms with Gasteiger partial charge in [0, 0.05) is 11.6 Å². The van der Waals surface area contributed by atoms with Crippen LogP contribution in [0.2, 0.25) is 5.02 Å². The number of nitrogens with one attached hydrogen (secondary N) is 1. The van der Waals surface area contributed by atoms with Crippen LogP contribution in [0.3, 0.4) is 0 Å². The molecule has 0 aliphatic rings. The lowest BCUT2D eigenvalue weighted by Crippen LogP contribution is -2.28. The van der Waals surface area contributed by atoms with E-state index >= 15 is 0 Å². The van der Waals surface area contributed by atoms with Crippen LogP contribution in [0.15, 0.2) is 42.1 Å². The Morgan fingerprint density at radius 3 is 2.83 bits per heavy atom. The SMILES string of the molecule is C=CCn1c(N)nnc1SCC(=O)NC(C)c1ccc(Cl)cc1. The topological polar surface area (TPSA) is 85.8 Å². The number of allylic oxidation sites excluding steroid dienone is 1. The average molecular weight is 352 g/mol. The molecule has 8 heteroatoms. The molecule has 3 N–H and O–H groups in total. The van der Waals surface area contributed by atoms with Crippen LogP contribution in [0.5, 0.6) is 0 Å². The second-order valence-electron chi connectivity index (χ2n) is 4.87. The fourth-order valence-electron chi connectivity index (χ4n) is 1.96. The van der Waals surface area contributed by atoms with Gasteiger partial charge in [0.2, 0.25) is 11.9 Å². The molecule has 2 aromatic rings. The molecule has 0 saturated carbocycles. The van der Waals surface area contributed by atoms with Gasteiger partial charge in [-0.25, -0.2) is 0 Å². The average Bonchev–Trinajstić information content (AvgIpc) is 2.87. The van der Waals surface area contributed by atoms with E-state index in [4.69, 9.17) is 17.3 Å². The van der Waals surface area contributed by atoms with E-state index < -0.39 is 0 Å². The van der Waals surface area contributed by atoms with Crippen molar-refractivity contribution >= 4 is 35.2 Å². The highest BCUT2D eigenvalue weighted by atomic mass is 35.5. The summed E-state index contributed by atoms with van der Waals surface area (Å²) in [5, 5.41) is 12.0. The summed E-state index contributed by atoms with van der Waals surface area (Å²) in [7, 11) is 0. The number of aromatic nitrogens is 3. The number of benzene rings is 1. The summed E-state index contributed by atoms with van der Waals surface area (Å²) in [5.74, 6) is 0.444. The predicted molar refractivity (Wildman–Crippen MR) is 93.4 cm³/mol. The number of nitrogens with zero attached hydrogens (tertiary/aromatic N) is 3. The summed E-state index contributed by atoms with van der Waals surface area (Å²) >= 11 is 7.14. The fourth-order valence-corrected chi connectivity index (χ4v) is 2.85. The van der Waals surface area contributed by atoms with Crippen LogP contribution in [0, 0.1) is 0 Å². The molecule has 2 rings (SSSR count). The Labute approximate surface area is 144 Å². The second kappa shape index (κ2) is 8.03. The Morgan fingerprint density at radius 1 is 1.48 bits per heavy atom. The molecule has 0 aliphatic carbocycles. The summed E-state index contributed by atoms with van der Waals surface area (Å²) in [6.45, 7) is 6.09. The lowest BCUT2D eigenvalue weighted by atomic mass is 10.1. The molecule has 1 heterocycles. The molecule has 122 valence electrons. The zero-order valence-corrected chi connectivity index (χ0v) is 14.3. The van der Waals surface area contributed by atoms with Crippen molar-refractivity contribution in [3.63, 3.8) is 0 Å². The monoisotopic (exact) mass is 351 g/mol. The highest BCUT2D eigenvalue weighted by molar-refractivity contribution is 7.99. The maximum Gasteiger partial charge on any atom is 0.230 e. The van der Waals surface area contributed by atoms with Crippen LogP contribution in [-0.4, -0.2) is 26.4 Å². The first-order valence-electron chi connectivity index (χ1n) is 6.98. The van der Waals surface area contributed by atoms with E-state index in [0.717, 1.165) is 5.56 Å². The zero-order valence-electron chi connectivity index (χ0n) is 12.7. The van der Waals surface area contributed by atoms with Crippen LogP contribution in [-0.2, 0) is 11.3 Å². The molecule has 0 radical (unpaired) electrons. The minimum atomic E-state index is -0.100. The van der Waals surface area contributed by atoms with Gasteiger partial charge >= 0.3 is 0 Å². The normalized spacial score (nSPS) is 11.9. The smallest absolute Gasteiger partial charge is 0.230 e. The summed E-state index contributed by atoms with van der Waals surface area (Å²) in [6, 6.07) is 7.28. The Bertz CT molecular complexity index is 686. The van der Waals surface area contributed by atoms with E-state index in [1.165, 1.54) is 11.8 Å². The van der Waals surface area contributed by atoms with Gasteiger partial charge in [-0.15, -0.1) is 16.8 Å². The van der Waals surface area contributed by atoms with Crippen LogP contribution in [0.4, 0.5) is 5.95 Å². The fraction of sp³-hybridized carbons (Fsp3) is 0.267. The number of hydrogen-bond acceptors (Lipinski definition) is 5. The van der Waals surface area contributed by atoms with E-state index in [1.807, 2.05) is 19.1 Å². The van der Waals surface area contributed by atoms with Gasteiger partial charge in [-0.05, 0) is 24.6 Å². The first-order chi connectivity index (χ1) is 11.0. The lowest BCUT2D eigenvalue weighted by molar-refractivity contribution is -0.119. The number of carbonyl (C=O) groups excluding carboxylic acids is 1. The first kappa shape index (κ1) is 17.4. The molecule has 0 fully saturated rings. The summed E-state index contributed by atoms with van der Waals surface area (Å²) < 4.78 is 1.70. The van der Waals surface area contributed by atoms with Crippen molar-refractivity contribution in [2.75, 3.05) is 11.5 Å². The molecule has 1 aromatic heterocycles. The van der Waals surface area contributed by atoms with E-state index in [1.54, 1.807) is 22.8 Å². The maximum atomic E-state index is 12.1. The Morgan fingerprint density at radius 2 is 2.17 bits per heavy atom. The molecule has 0 aliphatic heterocycles. The summed E-state index contributed by atoms with van der Waals surface area (Å²) in [5.41, 5.74) is 6.71. The van der Waals surface area contributed by atoms with Gasteiger partial charge in [0.05, 0.1) is 11.8 Å². The van der Waals surface area contributed by atoms with Crippen molar-refractivity contribution < 1.29 is 4.79 Å². The quantitative estimate of drug-likeness (QED) is 0.591. The largest absolute Gasteiger partial charge is 0.368 e. The molecule has 1 amide bonds. The van der Waals surface area contributed by atoms with Crippen LogP contribution >= 0.6 is 23.4 Å². The van der Waals surface area contributed by atoms with Gasteiger partial charge < -0.3 is 11.1 Å². The summed E-state index contributed by atoms with van der Waals surface area (Å²) in [6.07, 6.45) is 1.70. The van der Waals surface area contributed by atoms with E-state index in [0.29, 0.717) is 22.7 Å². The van der Waals surface area contributed by atoms with Crippen molar-refractivity contribution in [2.45, 2.75) is 24.7 Å². The molecule has 0 bridgehead atoms. The van der Waals surface area contributed by atoms with Gasteiger partial charge in [0.1, 0.15) is 0 Å². The molecule has 6 nitrogen and oxygen atoms in total. The number of thioether (sulfide) groups is 1. The van der Waals surface area contributed by atoms with Gasteiger partial charge in [-0.2, -0.15) is 0 Å². The number of nitrogen functional groups attached to an aromatic ring is 1. The minimum Gasteiger partial charge on any atom is -0.368 e. The number of hydrogen-bond donors (Lipinski definition) is 2. The van der Waals surface area contributed by atoms with E-state index in [2.05, 4.69) is 22.1 Å². The van der Waals surface area contributed by atoms with Gasteiger partial charge in [0.25, 0.3) is 0 Å². The number of nitrogens with two attached hydrogens (primary N) is 1. The minimum absolute atomic E-state index is 0.0934. The van der Waals surface area contributed by atoms with Crippen LogP contribution in [0.1, 0.15) is 18.5 Å². The van der Waals surface area contributed by atoms with E-state index in [9.17, 15) is 4.79 Å². The Balaban J connectivity index is 1.90. The third-order valence-electron chi connectivity index (χ3n) is 3.14. The Kier molecular flexibility index (Phi) is 6.06. The molecule has 1 aromatic carbocycles. The third kappa shape index (κ3) is 4.74. The van der Waals surface area contributed by atoms with Gasteiger partial charge in [-0.1, -0.05) is 41.6 Å². The maximum absolute atomic E-state index is 12.1. The second-order valence-corrected chi connectivity index (χ2v) is 6.25. The van der Waals surface area contributed by atoms with E-state index in [-0.39, 0.29) is 17.7 Å². The van der Waals surface area contributed by atoms with Gasteiger partial charge in [0.15, 0.2) is 5.16 Å². The van der Waals surface area contributed by atoms with Crippen molar-refractivity contribution in [2.24, 2.45) is 0 Å². The van der Waals surface area contributed by atoms with Crippen LogP contribution in [0.25, 0.3) is 0 Å². The van der Waals surface area contributed by atoms with Crippen molar-refractivity contribution in [1.29, 1.82) is 0 Å². The zero-order chi connectivity index (χ0) is 16.8. The molecule has 0 spiro atoms. The number of anilines is 1. The standard InChI is InChI=1S/C15H18ClN5OS/c1-3-8-21-14(17)19-20-15(21)23-9-13(22)18-10(2)11-4-6-12(16)7-5-11/h3-7,10H,1,8-9H2,2H3,(H2,17,19)(H,18,22). The lowest BCUT2D eigenvalue weighted by Gasteiger charge is -2.14. The van der Waals surface area contributed by atoms with Gasteiger partial charge in [-0.3, -0.25) is 9.36 Å². The van der Waals surface area contributed by atoms with Crippen molar-refractivity contribution in [3.05, 3.63) is 47.5 Å². The molecule has 1 atom stereocenters. The summed E-state index contributed by atoms with van der Waals surface area (Å²) in [4.78, 5) is 12.1. The highest BCUT2D eigenvalue weighted by Gasteiger charge is 2.13.